The molecule has 0 atom stereocenters. The second-order valence-corrected chi connectivity index (χ2v) is 8.58. The number of hydrogen-bond donors (Lipinski definition) is 1. The second-order valence-electron chi connectivity index (χ2n) is 7.46. The summed E-state index contributed by atoms with van der Waals surface area (Å²) in [4.78, 5) is 2.33. The van der Waals surface area contributed by atoms with Gasteiger partial charge in [0.2, 0.25) is 0 Å². The maximum absolute atomic E-state index is 11.3. The largest absolute Gasteiger partial charge is 0.497 e. The van der Waals surface area contributed by atoms with Crippen LogP contribution in [0.2, 0.25) is 0 Å². The summed E-state index contributed by atoms with van der Waals surface area (Å²) in [6.45, 7) is 2.11. The fourth-order valence-corrected chi connectivity index (χ4v) is 4.73. The third-order valence-corrected chi connectivity index (χ3v) is 6.58. The number of ether oxygens (including phenoxy) is 1. The van der Waals surface area contributed by atoms with E-state index in [1.54, 1.807) is 18.9 Å². The fraction of sp³-hybridized carbons (Fsp3) is 0.417. The van der Waals surface area contributed by atoms with Gasteiger partial charge in [0.25, 0.3) is 0 Å². The number of hydrogen-bond acceptors (Lipinski definition) is 3. The van der Waals surface area contributed by atoms with E-state index in [2.05, 4.69) is 49.4 Å². The average Bonchev–Trinajstić information content (AvgIpc) is 2.70. The van der Waals surface area contributed by atoms with Gasteiger partial charge in [0, 0.05) is 9.80 Å². The summed E-state index contributed by atoms with van der Waals surface area (Å²) in [7, 11) is 1.69. The Balaban J connectivity index is 1.73. The minimum absolute atomic E-state index is 0.659. The van der Waals surface area contributed by atoms with Crippen molar-refractivity contribution < 1.29 is 9.84 Å². The molecule has 3 heteroatoms. The van der Waals surface area contributed by atoms with Gasteiger partial charge in [0.1, 0.15) is 5.75 Å². The highest BCUT2D eigenvalue weighted by atomic mass is 32.2. The normalized spacial score (nSPS) is 16.9. The van der Waals surface area contributed by atoms with Crippen LogP contribution in [0.1, 0.15) is 49.7 Å². The van der Waals surface area contributed by atoms with E-state index in [1.807, 2.05) is 12.1 Å². The van der Waals surface area contributed by atoms with Crippen LogP contribution in [-0.4, -0.2) is 17.8 Å². The number of aryl methyl sites for hydroxylation is 2. The third kappa shape index (κ3) is 5.63. The molecule has 1 fully saturated rings. The van der Waals surface area contributed by atoms with Gasteiger partial charge in [0.05, 0.1) is 12.7 Å². The molecule has 0 aromatic heterocycles. The second kappa shape index (κ2) is 9.48. The molecule has 0 radical (unpaired) electrons. The van der Waals surface area contributed by atoms with E-state index in [0.717, 1.165) is 49.2 Å². The summed E-state index contributed by atoms with van der Waals surface area (Å²) in [6, 6.07) is 16.9. The van der Waals surface area contributed by atoms with Crippen LogP contribution in [0.5, 0.6) is 5.75 Å². The van der Waals surface area contributed by atoms with E-state index >= 15 is 0 Å². The zero-order chi connectivity index (χ0) is 19.1. The van der Waals surface area contributed by atoms with Gasteiger partial charge in [-0.2, -0.15) is 0 Å². The van der Waals surface area contributed by atoms with Gasteiger partial charge >= 0.3 is 0 Å². The van der Waals surface area contributed by atoms with Gasteiger partial charge in [-0.25, -0.2) is 0 Å². The Morgan fingerprint density at radius 2 is 1.70 bits per heavy atom. The molecule has 2 aromatic rings. The van der Waals surface area contributed by atoms with Gasteiger partial charge < -0.3 is 9.84 Å². The zero-order valence-corrected chi connectivity index (χ0v) is 17.2. The van der Waals surface area contributed by atoms with Crippen molar-refractivity contribution in [2.24, 2.45) is 0 Å². The van der Waals surface area contributed by atoms with Gasteiger partial charge in [0.15, 0.2) is 0 Å². The van der Waals surface area contributed by atoms with E-state index in [1.165, 1.54) is 22.4 Å². The highest BCUT2D eigenvalue weighted by molar-refractivity contribution is 8.03. The Hall–Kier alpha value is -1.71. The summed E-state index contributed by atoms with van der Waals surface area (Å²) in [5, 5.41) is 11.3. The highest BCUT2D eigenvalue weighted by Gasteiger charge is 2.33. The monoisotopic (exact) mass is 382 g/mol. The lowest BCUT2D eigenvalue weighted by atomic mass is 9.84. The number of methoxy groups -OCH3 is 1. The van der Waals surface area contributed by atoms with Crippen LogP contribution in [0.3, 0.4) is 0 Å². The van der Waals surface area contributed by atoms with Crippen molar-refractivity contribution in [3.8, 4) is 5.75 Å². The Labute approximate surface area is 167 Å². The Morgan fingerprint density at radius 1 is 1.04 bits per heavy atom. The lowest BCUT2D eigenvalue weighted by molar-refractivity contribution is 0.0473. The van der Waals surface area contributed by atoms with Gasteiger partial charge in [-0.3, -0.25) is 0 Å². The third-order valence-electron chi connectivity index (χ3n) is 5.31. The molecular weight excluding hydrogens is 352 g/mol. The first-order valence-corrected chi connectivity index (χ1v) is 10.7. The number of aliphatic hydroxyl groups is 1. The Kier molecular flexibility index (Phi) is 7.03. The topological polar surface area (TPSA) is 29.5 Å². The molecule has 1 saturated carbocycles. The summed E-state index contributed by atoms with van der Waals surface area (Å²) >= 11 is 1.74. The number of rotatable bonds is 7. The summed E-state index contributed by atoms with van der Waals surface area (Å²) < 4.78 is 5.23. The first-order chi connectivity index (χ1) is 13.1. The maximum atomic E-state index is 11.3. The van der Waals surface area contributed by atoms with Crippen molar-refractivity contribution in [1.82, 2.24) is 0 Å². The van der Waals surface area contributed by atoms with Crippen molar-refractivity contribution >= 4 is 11.8 Å². The summed E-state index contributed by atoms with van der Waals surface area (Å²) in [6.07, 6.45) is 9.37. The lowest BCUT2D eigenvalue weighted by Crippen LogP contribution is -2.32. The fourth-order valence-electron chi connectivity index (χ4n) is 3.61. The first-order valence-electron chi connectivity index (χ1n) is 9.89. The van der Waals surface area contributed by atoms with E-state index in [-0.39, 0.29) is 0 Å². The van der Waals surface area contributed by atoms with Gasteiger partial charge in [-0.1, -0.05) is 66.9 Å². The highest BCUT2D eigenvalue weighted by Crippen LogP contribution is 2.42. The minimum Gasteiger partial charge on any atom is -0.497 e. The van der Waals surface area contributed by atoms with Crippen molar-refractivity contribution in [3.05, 3.63) is 70.6 Å². The van der Waals surface area contributed by atoms with E-state index in [9.17, 15) is 5.11 Å². The van der Waals surface area contributed by atoms with Crippen LogP contribution < -0.4 is 4.74 Å². The molecule has 1 N–H and O–H groups in total. The molecule has 0 saturated heterocycles. The molecule has 1 aliphatic carbocycles. The molecule has 27 heavy (non-hydrogen) atoms. The number of thioether (sulfide) groups is 1. The quantitative estimate of drug-likeness (QED) is 0.569. The molecule has 0 unspecified atom stereocenters. The van der Waals surface area contributed by atoms with Crippen molar-refractivity contribution in [2.75, 3.05) is 7.11 Å². The molecule has 0 spiro atoms. The molecular formula is C24H30O2S. The van der Waals surface area contributed by atoms with Crippen molar-refractivity contribution in [2.45, 2.75) is 62.4 Å². The van der Waals surface area contributed by atoms with Crippen LogP contribution in [0.25, 0.3) is 0 Å². The van der Waals surface area contributed by atoms with E-state index < -0.39 is 5.60 Å². The lowest BCUT2D eigenvalue weighted by Gasteiger charge is -2.34. The maximum Gasteiger partial charge on any atom is 0.118 e. The van der Waals surface area contributed by atoms with Crippen LogP contribution in [0.15, 0.2) is 64.4 Å². The number of benzene rings is 2. The van der Waals surface area contributed by atoms with E-state index in [4.69, 9.17) is 4.74 Å². The molecule has 0 heterocycles. The van der Waals surface area contributed by atoms with E-state index in [0.29, 0.717) is 0 Å². The van der Waals surface area contributed by atoms with Crippen LogP contribution in [-0.2, 0) is 6.42 Å². The zero-order valence-electron chi connectivity index (χ0n) is 16.4. The van der Waals surface area contributed by atoms with Crippen LogP contribution in [0, 0.1) is 6.92 Å². The molecule has 0 aliphatic heterocycles. The standard InChI is InChI=1S/C24H30O2S/c1-19-9-15-22(16-10-19)27-23(24(25)17-4-3-5-18-24)8-6-7-20-11-13-21(26-2)14-12-20/h8-16,25H,3-7,17-18H2,1-2H3/b23-8+. The van der Waals surface area contributed by atoms with Gasteiger partial charge in [-0.05, 0) is 62.4 Å². The molecule has 2 aromatic carbocycles. The van der Waals surface area contributed by atoms with Crippen LogP contribution in [0.4, 0.5) is 0 Å². The Morgan fingerprint density at radius 3 is 2.33 bits per heavy atom. The molecule has 0 bridgehead atoms. The van der Waals surface area contributed by atoms with Gasteiger partial charge in [-0.15, -0.1) is 0 Å². The summed E-state index contributed by atoms with van der Waals surface area (Å²) in [5.74, 6) is 0.890. The first kappa shape index (κ1) is 20.0. The number of allylic oxidation sites excluding steroid dienone is 1. The predicted octanol–water partition coefficient (Wildman–Crippen LogP) is 6.31. The SMILES string of the molecule is COc1ccc(CC/C=C(/Sc2ccc(C)cc2)C2(O)CCCCC2)cc1. The van der Waals surface area contributed by atoms with Crippen LogP contribution >= 0.6 is 11.8 Å². The molecule has 1 aliphatic rings. The molecule has 144 valence electrons. The average molecular weight is 383 g/mol. The smallest absolute Gasteiger partial charge is 0.118 e. The summed E-state index contributed by atoms with van der Waals surface area (Å²) in [5.41, 5.74) is 1.90. The van der Waals surface area contributed by atoms with Crippen molar-refractivity contribution in [1.29, 1.82) is 0 Å². The Bertz CT molecular complexity index is 741. The molecule has 2 nitrogen and oxygen atoms in total. The van der Waals surface area contributed by atoms with Crippen molar-refractivity contribution in [3.63, 3.8) is 0 Å². The minimum atomic E-state index is -0.659. The predicted molar refractivity (Wildman–Crippen MR) is 114 cm³/mol. The molecule has 0 amide bonds. The molecule has 3 rings (SSSR count).